The normalized spacial score (nSPS) is 29.5. The molecule has 102 valence electrons. The largest absolute Gasteiger partial charge is 0.376 e. The summed E-state index contributed by atoms with van der Waals surface area (Å²) in [5.41, 5.74) is 0.384. The number of hydrogen-bond donors (Lipinski definition) is 1. The van der Waals surface area contributed by atoms with Crippen molar-refractivity contribution in [2.75, 3.05) is 13.2 Å². The van der Waals surface area contributed by atoms with Crippen LogP contribution in [0.25, 0.3) is 0 Å². The number of ether oxygens (including phenoxy) is 1. The molecular formula is C15H31NO. The number of likely N-dealkylation sites (N-methyl/N-ethyl adjacent to an activating group) is 1. The van der Waals surface area contributed by atoms with Crippen LogP contribution in [0.5, 0.6) is 0 Å². The molecule has 1 N–H and O–H groups in total. The Labute approximate surface area is 108 Å². The molecule has 0 saturated heterocycles. The lowest BCUT2D eigenvalue weighted by Gasteiger charge is -2.31. The lowest BCUT2D eigenvalue weighted by atomic mass is 9.87. The highest BCUT2D eigenvalue weighted by Gasteiger charge is 2.41. The van der Waals surface area contributed by atoms with Crippen LogP contribution in [-0.4, -0.2) is 25.3 Å². The van der Waals surface area contributed by atoms with E-state index in [1.165, 1.54) is 25.7 Å². The smallest absolute Gasteiger partial charge is 0.0733 e. The van der Waals surface area contributed by atoms with E-state index < -0.39 is 0 Å². The molecule has 1 aliphatic carbocycles. The summed E-state index contributed by atoms with van der Waals surface area (Å²) in [6, 6.07) is 0.529. The molecule has 1 aliphatic rings. The summed E-state index contributed by atoms with van der Waals surface area (Å²) in [7, 11) is 0. The molecule has 0 aromatic carbocycles. The summed E-state index contributed by atoms with van der Waals surface area (Å²) in [5, 5.41) is 3.62. The summed E-state index contributed by atoms with van der Waals surface area (Å²) in [6.45, 7) is 13.4. The van der Waals surface area contributed by atoms with Gasteiger partial charge < -0.3 is 10.1 Å². The van der Waals surface area contributed by atoms with E-state index in [0.717, 1.165) is 13.2 Å². The summed E-state index contributed by atoms with van der Waals surface area (Å²) in [5.74, 6) is 0.700. The first-order chi connectivity index (χ1) is 8.01. The van der Waals surface area contributed by atoms with Crippen LogP contribution in [0.2, 0.25) is 0 Å². The Balaban J connectivity index is 2.42. The standard InChI is InChI=1S/C15H31NO/c1-6-8-12(3)11-17-13-9-10-15(4,5)14(13)16-7-2/h12-14,16H,6-11H2,1-5H3. The van der Waals surface area contributed by atoms with Crippen molar-refractivity contribution in [2.45, 2.75) is 72.4 Å². The van der Waals surface area contributed by atoms with Crippen molar-refractivity contribution in [3.05, 3.63) is 0 Å². The predicted molar refractivity (Wildman–Crippen MR) is 74.3 cm³/mol. The molecule has 17 heavy (non-hydrogen) atoms. The molecule has 3 atom stereocenters. The van der Waals surface area contributed by atoms with Gasteiger partial charge in [-0.2, -0.15) is 0 Å². The number of hydrogen-bond acceptors (Lipinski definition) is 2. The highest BCUT2D eigenvalue weighted by Crippen LogP contribution is 2.39. The van der Waals surface area contributed by atoms with E-state index in [-0.39, 0.29) is 0 Å². The van der Waals surface area contributed by atoms with Crippen LogP contribution in [-0.2, 0) is 4.74 Å². The molecule has 0 amide bonds. The van der Waals surface area contributed by atoms with Gasteiger partial charge in [0.05, 0.1) is 6.10 Å². The molecule has 2 heteroatoms. The van der Waals surface area contributed by atoms with Crippen molar-refractivity contribution in [3.8, 4) is 0 Å². The zero-order chi connectivity index (χ0) is 12.9. The topological polar surface area (TPSA) is 21.3 Å². The quantitative estimate of drug-likeness (QED) is 0.735. The zero-order valence-electron chi connectivity index (χ0n) is 12.4. The third-order valence-electron chi connectivity index (χ3n) is 4.09. The molecule has 0 spiro atoms. The summed E-state index contributed by atoms with van der Waals surface area (Å²) >= 11 is 0. The van der Waals surface area contributed by atoms with Crippen molar-refractivity contribution in [2.24, 2.45) is 11.3 Å². The highest BCUT2D eigenvalue weighted by atomic mass is 16.5. The maximum atomic E-state index is 6.16. The summed E-state index contributed by atoms with van der Waals surface area (Å²) in [4.78, 5) is 0. The average Bonchev–Trinajstić information content (AvgIpc) is 2.54. The fourth-order valence-corrected chi connectivity index (χ4v) is 3.01. The molecule has 0 aromatic heterocycles. The molecule has 0 aliphatic heterocycles. The molecule has 3 unspecified atom stereocenters. The maximum absolute atomic E-state index is 6.16. The second-order valence-corrected chi connectivity index (χ2v) is 6.33. The van der Waals surface area contributed by atoms with E-state index in [4.69, 9.17) is 4.74 Å². The Morgan fingerprint density at radius 1 is 1.35 bits per heavy atom. The van der Waals surface area contributed by atoms with Crippen molar-refractivity contribution >= 4 is 0 Å². The van der Waals surface area contributed by atoms with Crippen LogP contribution in [0.1, 0.15) is 60.3 Å². The van der Waals surface area contributed by atoms with E-state index >= 15 is 0 Å². The van der Waals surface area contributed by atoms with Gasteiger partial charge in [0.2, 0.25) is 0 Å². The Morgan fingerprint density at radius 2 is 2.06 bits per heavy atom. The van der Waals surface area contributed by atoms with Crippen molar-refractivity contribution in [3.63, 3.8) is 0 Å². The lowest BCUT2D eigenvalue weighted by molar-refractivity contribution is 0.00881. The minimum absolute atomic E-state index is 0.384. The SMILES string of the molecule is CCCC(C)COC1CCC(C)(C)C1NCC. The van der Waals surface area contributed by atoms with Gasteiger partial charge in [-0.25, -0.2) is 0 Å². The molecule has 0 bridgehead atoms. The number of rotatable bonds is 7. The van der Waals surface area contributed by atoms with Gasteiger partial charge in [-0.1, -0.05) is 41.0 Å². The Morgan fingerprint density at radius 3 is 2.65 bits per heavy atom. The summed E-state index contributed by atoms with van der Waals surface area (Å²) in [6.07, 6.45) is 5.45. The minimum Gasteiger partial charge on any atom is -0.376 e. The first-order valence-corrected chi connectivity index (χ1v) is 7.36. The minimum atomic E-state index is 0.384. The maximum Gasteiger partial charge on any atom is 0.0733 e. The second-order valence-electron chi connectivity index (χ2n) is 6.33. The van der Waals surface area contributed by atoms with Crippen LogP contribution < -0.4 is 5.32 Å². The molecule has 2 nitrogen and oxygen atoms in total. The Kier molecular flexibility index (Phi) is 5.94. The lowest BCUT2D eigenvalue weighted by Crippen LogP contribution is -2.45. The molecule has 1 rings (SSSR count). The highest BCUT2D eigenvalue weighted by molar-refractivity contribution is 4.97. The third-order valence-corrected chi connectivity index (χ3v) is 4.09. The van der Waals surface area contributed by atoms with Gasteiger partial charge in [0.25, 0.3) is 0 Å². The van der Waals surface area contributed by atoms with E-state index in [1.807, 2.05) is 0 Å². The molecule has 0 radical (unpaired) electrons. The predicted octanol–water partition coefficient (Wildman–Crippen LogP) is 3.61. The molecule has 0 heterocycles. The Bertz CT molecular complexity index is 215. The van der Waals surface area contributed by atoms with Gasteiger partial charge in [0.1, 0.15) is 0 Å². The van der Waals surface area contributed by atoms with Crippen LogP contribution in [0.15, 0.2) is 0 Å². The van der Waals surface area contributed by atoms with Crippen molar-refractivity contribution < 1.29 is 4.74 Å². The monoisotopic (exact) mass is 241 g/mol. The molecule has 1 fully saturated rings. The van der Waals surface area contributed by atoms with E-state index in [2.05, 4.69) is 39.9 Å². The van der Waals surface area contributed by atoms with Gasteiger partial charge in [-0.15, -0.1) is 0 Å². The first kappa shape index (κ1) is 15.0. The summed E-state index contributed by atoms with van der Waals surface area (Å²) < 4.78 is 6.16. The number of nitrogens with one attached hydrogen (secondary N) is 1. The van der Waals surface area contributed by atoms with Gasteiger partial charge >= 0.3 is 0 Å². The Hall–Kier alpha value is -0.0800. The molecule has 1 saturated carbocycles. The van der Waals surface area contributed by atoms with Gasteiger partial charge in [-0.3, -0.25) is 0 Å². The van der Waals surface area contributed by atoms with Gasteiger partial charge in [0, 0.05) is 12.6 Å². The van der Waals surface area contributed by atoms with Crippen molar-refractivity contribution in [1.29, 1.82) is 0 Å². The molecular weight excluding hydrogens is 210 g/mol. The van der Waals surface area contributed by atoms with Crippen molar-refractivity contribution in [1.82, 2.24) is 5.32 Å². The van der Waals surface area contributed by atoms with Crippen LogP contribution in [0, 0.1) is 11.3 Å². The van der Waals surface area contributed by atoms with Crippen LogP contribution in [0.3, 0.4) is 0 Å². The van der Waals surface area contributed by atoms with Gasteiger partial charge in [-0.05, 0) is 37.1 Å². The fraction of sp³-hybridized carbons (Fsp3) is 1.00. The van der Waals surface area contributed by atoms with E-state index in [9.17, 15) is 0 Å². The van der Waals surface area contributed by atoms with E-state index in [0.29, 0.717) is 23.5 Å². The zero-order valence-corrected chi connectivity index (χ0v) is 12.4. The average molecular weight is 241 g/mol. The fourth-order valence-electron chi connectivity index (χ4n) is 3.01. The first-order valence-electron chi connectivity index (χ1n) is 7.36. The third kappa shape index (κ3) is 4.26. The molecule has 0 aromatic rings. The van der Waals surface area contributed by atoms with Crippen LogP contribution >= 0.6 is 0 Å². The second kappa shape index (κ2) is 6.75. The van der Waals surface area contributed by atoms with Crippen LogP contribution in [0.4, 0.5) is 0 Å². The van der Waals surface area contributed by atoms with Gasteiger partial charge in [0.15, 0.2) is 0 Å². The van der Waals surface area contributed by atoms with E-state index in [1.54, 1.807) is 0 Å².